The molecule has 1 amide bonds. The number of hydrogen-bond acceptors (Lipinski definition) is 5. The number of para-hydroxylation sites is 1. The molecule has 3 aromatic rings. The highest BCUT2D eigenvalue weighted by Crippen LogP contribution is 2.32. The Balaban J connectivity index is 1.28. The third-order valence-electron chi connectivity index (χ3n) is 4.11. The zero-order chi connectivity index (χ0) is 18.5. The molecule has 4 rings (SSSR count). The van der Waals surface area contributed by atoms with Crippen molar-refractivity contribution < 1.29 is 19.0 Å². The lowest BCUT2D eigenvalue weighted by Gasteiger charge is -2.12. The summed E-state index contributed by atoms with van der Waals surface area (Å²) < 4.78 is 16.6. The number of amides is 1. The Morgan fingerprint density at radius 3 is 2.63 bits per heavy atom. The van der Waals surface area contributed by atoms with Crippen molar-refractivity contribution in [3.8, 4) is 17.4 Å². The highest BCUT2D eigenvalue weighted by molar-refractivity contribution is 5.67. The number of carbonyl (C=O) groups is 1. The maximum Gasteiger partial charge on any atom is 0.408 e. The number of benzene rings is 2. The number of nitrogens with zero attached hydrogens (tertiary/aromatic N) is 1. The van der Waals surface area contributed by atoms with Crippen LogP contribution in [-0.2, 0) is 11.3 Å². The van der Waals surface area contributed by atoms with Gasteiger partial charge in [-0.2, -0.15) is 0 Å². The van der Waals surface area contributed by atoms with Gasteiger partial charge in [-0.25, -0.2) is 9.78 Å². The number of aromatic nitrogens is 1. The van der Waals surface area contributed by atoms with Crippen molar-refractivity contribution in [3.05, 3.63) is 84.1 Å². The second-order valence-electron chi connectivity index (χ2n) is 6.02. The Labute approximate surface area is 156 Å². The van der Waals surface area contributed by atoms with E-state index < -0.39 is 12.2 Å². The van der Waals surface area contributed by atoms with Gasteiger partial charge in [0.2, 0.25) is 5.88 Å². The first-order chi connectivity index (χ1) is 13.3. The standard InChI is InChI=1S/C21H18N2O4/c24-21(27-19-14-25-20-18(19)7-4-12-22-20)23-13-15-8-10-17(11-9-15)26-16-5-2-1-3-6-16/h1-12,19H,13-14H2,(H,23,24). The maximum atomic E-state index is 12.1. The van der Waals surface area contributed by atoms with Crippen LogP contribution in [0, 0.1) is 0 Å². The number of carbonyl (C=O) groups excluding carboxylic acids is 1. The number of hydrogen-bond donors (Lipinski definition) is 1. The van der Waals surface area contributed by atoms with Crippen molar-refractivity contribution in [2.24, 2.45) is 0 Å². The van der Waals surface area contributed by atoms with Crippen LogP contribution in [0.3, 0.4) is 0 Å². The summed E-state index contributed by atoms with van der Waals surface area (Å²) in [6.07, 6.45) is 0.715. The lowest BCUT2D eigenvalue weighted by atomic mass is 10.2. The highest BCUT2D eigenvalue weighted by Gasteiger charge is 2.28. The Bertz CT molecular complexity index is 913. The topological polar surface area (TPSA) is 69.7 Å². The van der Waals surface area contributed by atoms with E-state index >= 15 is 0 Å². The normalized spacial score (nSPS) is 14.7. The average Bonchev–Trinajstić information content (AvgIpc) is 3.11. The molecule has 1 aliphatic rings. The van der Waals surface area contributed by atoms with Crippen LogP contribution in [0.15, 0.2) is 72.9 Å². The minimum atomic E-state index is -0.495. The zero-order valence-corrected chi connectivity index (χ0v) is 14.5. The Morgan fingerprint density at radius 2 is 1.81 bits per heavy atom. The lowest BCUT2D eigenvalue weighted by molar-refractivity contribution is 0.0821. The summed E-state index contributed by atoms with van der Waals surface area (Å²) in [5.41, 5.74) is 1.73. The quantitative estimate of drug-likeness (QED) is 0.735. The molecular weight excluding hydrogens is 344 g/mol. The van der Waals surface area contributed by atoms with Crippen LogP contribution >= 0.6 is 0 Å². The number of rotatable bonds is 5. The highest BCUT2D eigenvalue weighted by atomic mass is 16.6. The molecule has 136 valence electrons. The van der Waals surface area contributed by atoms with E-state index in [1.165, 1.54) is 0 Å². The van der Waals surface area contributed by atoms with Gasteiger partial charge in [-0.05, 0) is 42.0 Å². The van der Waals surface area contributed by atoms with Crippen molar-refractivity contribution in [1.29, 1.82) is 0 Å². The molecule has 1 atom stereocenters. The molecule has 2 aromatic carbocycles. The maximum absolute atomic E-state index is 12.1. The van der Waals surface area contributed by atoms with Crippen LogP contribution in [0.2, 0.25) is 0 Å². The van der Waals surface area contributed by atoms with Crippen LogP contribution < -0.4 is 14.8 Å². The van der Waals surface area contributed by atoms with Gasteiger partial charge in [0.15, 0.2) is 6.10 Å². The fourth-order valence-electron chi connectivity index (χ4n) is 2.76. The average molecular weight is 362 g/mol. The first-order valence-corrected chi connectivity index (χ1v) is 8.62. The van der Waals surface area contributed by atoms with E-state index in [1.54, 1.807) is 12.3 Å². The number of fused-ring (bicyclic) bond motifs is 1. The molecule has 0 spiro atoms. The van der Waals surface area contributed by atoms with Crippen LogP contribution in [0.25, 0.3) is 0 Å². The SMILES string of the molecule is O=C(NCc1ccc(Oc2ccccc2)cc1)OC1COc2ncccc21. The predicted octanol–water partition coefficient (Wildman–Crippen LogP) is 4.23. The first kappa shape index (κ1) is 16.9. The molecule has 6 nitrogen and oxygen atoms in total. The van der Waals surface area contributed by atoms with Crippen molar-refractivity contribution in [3.63, 3.8) is 0 Å². The van der Waals surface area contributed by atoms with E-state index in [0.29, 0.717) is 12.4 Å². The molecule has 0 radical (unpaired) electrons. The fourth-order valence-corrected chi connectivity index (χ4v) is 2.76. The molecule has 1 aliphatic heterocycles. The summed E-state index contributed by atoms with van der Waals surface area (Å²) >= 11 is 0. The zero-order valence-electron chi connectivity index (χ0n) is 14.5. The Kier molecular flexibility index (Phi) is 4.87. The van der Waals surface area contributed by atoms with Crippen molar-refractivity contribution in [1.82, 2.24) is 10.3 Å². The Hall–Kier alpha value is -3.54. The van der Waals surface area contributed by atoms with E-state index in [9.17, 15) is 4.79 Å². The van der Waals surface area contributed by atoms with Gasteiger partial charge in [0.1, 0.15) is 18.1 Å². The third kappa shape index (κ3) is 4.17. The Morgan fingerprint density at radius 1 is 1.04 bits per heavy atom. The van der Waals surface area contributed by atoms with Gasteiger partial charge in [0, 0.05) is 12.7 Å². The van der Waals surface area contributed by atoms with E-state index in [0.717, 1.165) is 22.6 Å². The van der Waals surface area contributed by atoms with Crippen LogP contribution in [0.4, 0.5) is 4.79 Å². The summed E-state index contributed by atoms with van der Waals surface area (Å²) in [5.74, 6) is 2.03. The molecule has 1 aromatic heterocycles. The molecule has 0 saturated heterocycles. The molecule has 27 heavy (non-hydrogen) atoms. The van der Waals surface area contributed by atoms with E-state index in [-0.39, 0.29) is 6.61 Å². The van der Waals surface area contributed by atoms with Gasteiger partial charge in [-0.1, -0.05) is 30.3 Å². The lowest BCUT2D eigenvalue weighted by Crippen LogP contribution is -2.26. The molecule has 0 saturated carbocycles. The van der Waals surface area contributed by atoms with Gasteiger partial charge in [0.25, 0.3) is 0 Å². The minimum Gasteiger partial charge on any atom is -0.473 e. The summed E-state index contributed by atoms with van der Waals surface area (Å²) in [5, 5.41) is 2.75. The fraction of sp³-hybridized carbons (Fsp3) is 0.143. The van der Waals surface area contributed by atoms with E-state index in [1.807, 2.05) is 60.7 Å². The second kappa shape index (κ2) is 7.78. The molecule has 6 heteroatoms. The van der Waals surface area contributed by atoms with Crippen molar-refractivity contribution in [2.45, 2.75) is 12.6 Å². The molecule has 1 N–H and O–H groups in total. The number of nitrogens with one attached hydrogen (secondary N) is 1. The summed E-state index contributed by atoms with van der Waals surface area (Å²) in [6, 6.07) is 20.7. The smallest absolute Gasteiger partial charge is 0.408 e. The molecular formula is C21H18N2O4. The van der Waals surface area contributed by atoms with Gasteiger partial charge < -0.3 is 19.5 Å². The molecule has 0 aliphatic carbocycles. The van der Waals surface area contributed by atoms with Gasteiger partial charge in [-0.3, -0.25) is 0 Å². The number of pyridine rings is 1. The molecule has 1 unspecified atom stereocenters. The largest absolute Gasteiger partial charge is 0.473 e. The van der Waals surface area contributed by atoms with Crippen LogP contribution in [0.1, 0.15) is 17.2 Å². The number of alkyl carbamates (subject to hydrolysis) is 1. The monoisotopic (exact) mass is 362 g/mol. The van der Waals surface area contributed by atoms with Gasteiger partial charge in [-0.15, -0.1) is 0 Å². The molecule has 0 fully saturated rings. The number of ether oxygens (including phenoxy) is 3. The van der Waals surface area contributed by atoms with Crippen LogP contribution in [0.5, 0.6) is 17.4 Å². The summed E-state index contributed by atoms with van der Waals surface area (Å²) in [6.45, 7) is 0.642. The predicted molar refractivity (Wildman–Crippen MR) is 98.8 cm³/mol. The van der Waals surface area contributed by atoms with E-state index in [4.69, 9.17) is 14.2 Å². The van der Waals surface area contributed by atoms with E-state index in [2.05, 4.69) is 10.3 Å². The first-order valence-electron chi connectivity index (χ1n) is 8.62. The molecule has 2 heterocycles. The van der Waals surface area contributed by atoms with Crippen molar-refractivity contribution in [2.75, 3.05) is 6.61 Å². The van der Waals surface area contributed by atoms with Gasteiger partial charge >= 0.3 is 6.09 Å². The van der Waals surface area contributed by atoms with Crippen molar-refractivity contribution >= 4 is 6.09 Å². The van der Waals surface area contributed by atoms with Gasteiger partial charge in [0.05, 0.1) is 5.56 Å². The summed E-state index contributed by atoms with van der Waals surface area (Å²) in [7, 11) is 0. The van der Waals surface area contributed by atoms with Crippen LogP contribution in [-0.4, -0.2) is 17.7 Å². The third-order valence-corrected chi connectivity index (χ3v) is 4.11. The molecule has 0 bridgehead atoms. The minimum absolute atomic E-state index is 0.283. The second-order valence-corrected chi connectivity index (χ2v) is 6.02. The summed E-state index contributed by atoms with van der Waals surface area (Å²) in [4.78, 5) is 16.2.